The Bertz CT molecular complexity index is 661. The van der Waals surface area contributed by atoms with Gasteiger partial charge in [-0.3, -0.25) is 4.79 Å². The van der Waals surface area contributed by atoms with Crippen molar-refractivity contribution in [3.8, 4) is 0 Å². The number of hydrogen-bond donors (Lipinski definition) is 1. The van der Waals surface area contributed by atoms with Crippen LogP contribution in [0.25, 0.3) is 0 Å². The summed E-state index contributed by atoms with van der Waals surface area (Å²) in [5.74, 6) is -0.695. The fourth-order valence-corrected chi connectivity index (χ4v) is 4.08. The number of hydrogen-bond acceptors (Lipinski definition) is 4. The number of carbonyl (C=O) groups is 1. The minimum Gasteiger partial charge on any atom is -0.338 e. The molecule has 0 spiro atoms. The second-order valence-corrected chi connectivity index (χ2v) is 9.07. The number of rotatable bonds is 5. The molecule has 1 aromatic carbocycles. The molecule has 128 valence electrons. The summed E-state index contributed by atoms with van der Waals surface area (Å²) in [4.78, 5) is 13.7. The van der Waals surface area contributed by atoms with E-state index in [1.165, 1.54) is 18.7 Å². The Kier molecular flexibility index (Phi) is 5.10. The number of likely N-dealkylation sites (tertiary alicyclic amines) is 1. The highest BCUT2D eigenvalue weighted by atomic mass is 32.2. The van der Waals surface area contributed by atoms with Gasteiger partial charge in [0.05, 0.1) is 17.0 Å². The third-order valence-corrected chi connectivity index (χ3v) is 7.03. The van der Waals surface area contributed by atoms with E-state index in [0.717, 1.165) is 0 Å². The Morgan fingerprint density at radius 2 is 2.00 bits per heavy atom. The zero-order valence-electron chi connectivity index (χ0n) is 13.4. The normalized spacial score (nSPS) is 20.5. The fourth-order valence-electron chi connectivity index (χ4n) is 2.58. The second kappa shape index (κ2) is 6.57. The van der Waals surface area contributed by atoms with E-state index in [2.05, 4.69) is 0 Å². The lowest BCUT2D eigenvalue weighted by molar-refractivity contribution is -0.132. The van der Waals surface area contributed by atoms with Crippen LogP contribution in [0.1, 0.15) is 25.8 Å². The van der Waals surface area contributed by atoms with Crippen molar-refractivity contribution >= 4 is 15.7 Å². The molecule has 0 aliphatic carbocycles. The molecule has 2 atom stereocenters. The van der Waals surface area contributed by atoms with Crippen molar-refractivity contribution in [2.75, 3.05) is 13.1 Å². The van der Waals surface area contributed by atoms with E-state index in [9.17, 15) is 17.6 Å². The molecular formula is C16H23FN2O3S. The van der Waals surface area contributed by atoms with Crippen molar-refractivity contribution in [2.24, 2.45) is 5.73 Å². The summed E-state index contributed by atoms with van der Waals surface area (Å²) in [6.45, 7) is 3.18. The van der Waals surface area contributed by atoms with E-state index >= 15 is 0 Å². The highest BCUT2D eigenvalue weighted by Crippen LogP contribution is 2.26. The molecule has 2 N–H and O–H groups in total. The number of alkyl halides is 1. The molecule has 0 bridgehead atoms. The number of amides is 1. The van der Waals surface area contributed by atoms with E-state index in [1.807, 2.05) is 0 Å². The third kappa shape index (κ3) is 3.72. The number of carbonyl (C=O) groups excluding carboxylic acids is 1. The summed E-state index contributed by atoms with van der Waals surface area (Å²) in [5, 5.41) is 0. The van der Waals surface area contributed by atoms with Crippen molar-refractivity contribution in [3.63, 3.8) is 0 Å². The topological polar surface area (TPSA) is 80.5 Å². The Balaban J connectivity index is 2.16. The first kappa shape index (κ1) is 17.9. The lowest BCUT2D eigenvalue weighted by atomic mass is 10.0. The van der Waals surface area contributed by atoms with Crippen molar-refractivity contribution in [1.82, 2.24) is 4.90 Å². The van der Waals surface area contributed by atoms with Crippen LogP contribution >= 0.6 is 0 Å². The van der Waals surface area contributed by atoms with Gasteiger partial charge in [-0.25, -0.2) is 12.8 Å². The van der Waals surface area contributed by atoms with Crippen molar-refractivity contribution in [1.29, 1.82) is 0 Å². The summed E-state index contributed by atoms with van der Waals surface area (Å²) in [7, 11) is -3.67. The zero-order valence-corrected chi connectivity index (χ0v) is 14.2. The van der Waals surface area contributed by atoms with Crippen LogP contribution in [0.15, 0.2) is 30.3 Å². The van der Waals surface area contributed by atoms with E-state index < -0.39 is 32.7 Å². The van der Waals surface area contributed by atoms with Gasteiger partial charge in [-0.2, -0.15) is 0 Å². The molecular weight excluding hydrogens is 319 g/mol. The van der Waals surface area contributed by atoms with E-state index in [4.69, 9.17) is 5.73 Å². The second-order valence-electron chi connectivity index (χ2n) is 6.50. The molecule has 0 saturated carbocycles. The van der Waals surface area contributed by atoms with Gasteiger partial charge in [0.2, 0.25) is 5.91 Å². The van der Waals surface area contributed by atoms with Crippen LogP contribution in [0, 0.1) is 0 Å². The highest BCUT2D eigenvalue weighted by Gasteiger charge is 2.45. The van der Waals surface area contributed by atoms with Gasteiger partial charge in [-0.05, 0) is 25.8 Å². The molecule has 1 aliphatic heterocycles. The number of nitrogens with zero attached hydrogens (tertiary/aromatic N) is 1. The molecule has 0 radical (unpaired) electrons. The first-order valence-corrected chi connectivity index (χ1v) is 9.25. The van der Waals surface area contributed by atoms with Gasteiger partial charge in [0.1, 0.15) is 12.2 Å². The summed E-state index contributed by atoms with van der Waals surface area (Å²) >= 11 is 0. The quantitative estimate of drug-likeness (QED) is 0.874. The van der Waals surface area contributed by atoms with Crippen LogP contribution in [0.5, 0.6) is 0 Å². The molecule has 1 saturated heterocycles. The maximum absolute atomic E-state index is 13.3. The largest absolute Gasteiger partial charge is 0.338 e. The van der Waals surface area contributed by atoms with Crippen molar-refractivity contribution in [2.45, 2.75) is 43.0 Å². The van der Waals surface area contributed by atoms with Crippen LogP contribution in [0.2, 0.25) is 0 Å². The minimum atomic E-state index is -3.67. The fraction of sp³-hybridized carbons (Fsp3) is 0.562. The molecule has 0 unspecified atom stereocenters. The van der Waals surface area contributed by atoms with Crippen LogP contribution in [-0.2, 0) is 20.4 Å². The van der Waals surface area contributed by atoms with Crippen LogP contribution in [0.4, 0.5) is 4.39 Å². The van der Waals surface area contributed by atoms with E-state index in [0.29, 0.717) is 5.56 Å². The van der Waals surface area contributed by atoms with Gasteiger partial charge in [0.25, 0.3) is 0 Å². The Labute approximate surface area is 136 Å². The molecule has 2 rings (SSSR count). The number of benzene rings is 1. The number of nitrogens with two attached hydrogens (primary N) is 1. The molecule has 23 heavy (non-hydrogen) atoms. The first-order chi connectivity index (χ1) is 10.6. The summed E-state index contributed by atoms with van der Waals surface area (Å²) in [6, 6.07) is 7.53. The van der Waals surface area contributed by atoms with Crippen LogP contribution < -0.4 is 5.73 Å². The SMILES string of the molecule is CC(C)([C@H](N)C(=O)N1CC[C@H](F)C1)S(=O)(=O)Cc1ccccc1. The van der Waals surface area contributed by atoms with Gasteiger partial charge in [0, 0.05) is 6.54 Å². The van der Waals surface area contributed by atoms with Crippen molar-refractivity contribution in [3.05, 3.63) is 35.9 Å². The molecule has 7 heteroatoms. The molecule has 1 aliphatic rings. The molecule has 1 amide bonds. The smallest absolute Gasteiger partial charge is 0.241 e. The van der Waals surface area contributed by atoms with Gasteiger partial charge < -0.3 is 10.6 Å². The summed E-state index contributed by atoms with van der Waals surface area (Å²) in [5.41, 5.74) is 6.61. The Morgan fingerprint density at radius 3 is 2.52 bits per heavy atom. The Hall–Kier alpha value is -1.47. The summed E-state index contributed by atoms with van der Waals surface area (Å²) < 4.78 is 37.3. The summed E-state index contributed by atoms with van der Waals surface area (Å²) in [6.07, 6.45) is -0.787. The van der Waals surface area contributed by atoms with Crippen LogP contribution in [0.3, 0.4) is 0 Å². The van der Waals surface area contributed by atoms with Gasteiger partial charge in [0.15, 0.2) is 9.84 Å². The van der Waals surface area contributed by atoms with Gasteiger partial charge in [-0.15, -0.1) is 0 Å². The minimum absolute atomic E-state index is 0.0126. The maximum Gasteiger partial charge on any atom is 0.241 e. The van der Waals surface area contributed by atoms with Gasteiger partial charge >= 0.3 is 0 Å². The highest BCUT2D eigenvalue weighted by molar-refractivity contribution is 7.92. The molecule has 1 aromatic rings. The zero-order chi connectivity index (χ0) is 17.3. The first-order valence-electron chi connectivity index (χ1n) is 7.60. The molecule has 1 heterocycles. The monoisotopic (exact) mass is 342 g/mol. The molecule has 0 aromatic heterocycles. The number of sulfone groups is 1. The average Bonchev–Trinajstić information content (AvgIpc) is 2.92. The number of halogens is 1. The van der Waals surface area contributed by atoms with Gasteiger partial charge in [-0.1, -0.05) is 30.3 Å². The standard InChI is InChI=1S/C16H23FN2O3S/c1-16(2,14(18)15(20)19-9-8-13(17)10-19)23(21,22)11-12-6-4-3-5-7-12/h3-7,13-14H,8-11,18H2,1-2H3/t13-,14+/m0/s1. The lowest BCUT2D eigenvalue weighted by Crippen LogP contribution is -2.58. The van der Waals surface area contributed by atoms with E-state index in [-0.39, 0.29) is 25.3 Å². The maximum atomic E-state index is 13.3. The average molecular weight is 342 g/mol. The van der Waals surface area contributed by atoms with Crippen molar-refractivity contribution < 1.29 is 17.6 Å². The van der Waals surface area contributed by atoms with E-state index in [1.54, 1.807) is 30.3 Å². The van der Waals surface area contributed by atoms with Crippen LogP contribution in [-0.4, -0.2) is 49.3 Å². The Morgan fingerprint density at radius 1 is 1.39 bits per heavy atom. The third-order valence-electron chi connectivity index (χ3n) is 4.46. The predicted octanol–water partition coefficient (Wildman–Crippen LogP) is 1.28. The molecule has 5 nitrogen and oxygen atoms in total. The lowest BCUT2D eigenvalue weighted by Gasteiger charge is -2.32. The predicted molar refractivity (Wildman–Crippen MR) is 87.2 cm³/mol. The molecule has 1 fully saturated rings.